The molecule has 0 fully saturated rings. The van der Waals surface area contributed by atoms with E-state index in [4.69, 9.17) is 5.73 Å². The summed E-state index contributed by atoms with van der Waals surface area (Å²) < 4.78 is 28.0. The number of thiophene rings is 1. The van der Waals surface area contributed by atoms with Gasteiger partial charge in [-0.1, -0.05) is 6.07 Å². The van der Waals surface area contributed by atoms with Crippen molar-refractivity contribution in [1.82, 2.24) is 4.31 Å². The van der Waals surface area contributed by atoms with E-state index in [0.29, 0.717) is 23.7 Å². The molecule has 2 heterocycles. The molecule has 0 saturated heterocycles. The normalized spacial score (nSPS) is 15.9. The van der Waals surface area contributed by atoms with E-state index < -0.39 is 10.0 Å². The van der Waals surface area contributed by atoms with Crippen LogP contribution in [0.3, 0.4) is 0 Å². The maximum atomic E-state index is 12.8. The van der Waals surface area contributed by atoms with Gasteiger partial charge in [0.05, 0.1) is 8.68 Å². The molecule has 112 valence electrons. The Morgan fingerprint density at radius 3 is 2.71 bits per heavy atom. The van der Waals surface area contributed by atoms with Crippen LogP contribution >= 0.6 is 27.3 Å². The van der Waals surface area contributed by atoms with E-state index in [0.717, 1.165) is 20.6 Å². The highest BCUT2D eigenvalue weighted by molar-refractivity contribution is 9.11. The third-order valence-corrected chi connectivity index (χ3v) is 7.32. The van der Waals surface area contributed by atoms with Crippen LogP contribution in [-0.2, 0) is 23.0 Å². The number of halogens is 1. The molecular weight excluding hydrogens is 372 g/mol. The zero-order chi connectivity index (χ0) is 15.2. The highest BCUT2D eigenvalue weighted by Crippen LogP contribution is 2.33. The van der Waals surface area contributed by atoms with E-state index >= 15 is 0 Å². The maximum Gasteiger partial charge on any atom is 0.244 e. The molecule has 7 heteroatoms. The molecule has 0 unspecified atom stereocenters. The molecule has 1 aliphatic heterocycles. The average molecular weight is 387 g/mol. The van der Waals surface area contributed by atoms with Crippen molar-refractivity contribution in [3.05, 3.63) is 44.1 Å². The summed E-state index contributed by atoms with van der Waals surface area (Å²) in [5.74, 6) is 0. The van der Waals surface area contributed by atoms with Gasteiger partial charge in [-0.2, -0.15) is 4.31 Å². The fraction of sp³-hybridized carbons (Fsp3) is 0.286. The van der Waals surface area contributed by atoms with Crippen LogP contribution in [0.4, 0.5) is 5.69 Å². The van der Waals surface area contributed by atoms with E-state index in [-0.39, 0.29) is 0 Å². The number of nitrogens with zero attached hydrogens (tertiary/aromatic N) is 1. The van der Waals surface area contributed by atoms with Gasteiger partial charge in [-0.25, -0.2) is 8.42 Å². The Hall–Kier alpha value is -0.890. The molecule has 2 aromatic rings. The van der Waals surface area contributed by atoms with Gasteiger partial charge in [0, 0.05) is 23.7 Å². The second-order valence-electron chi connectivity index (χ2n) is 5.09. The van der Waals surface area contributed by atoms with Crippen molar-refractivity contribution >= 4 is 43.0 Å². The molecule has 2 N–H and O–H groups in total. The smallest absolute Gasteiger partial charge is 0.244 e. The van der Waals surface area contributed by atoms with Crippen molar-refractivity contribution in [2.45, 2.75) is 24.8 Å². The Bertz CT molecular complexity index is 799. The Labute approximate surface area is 136 Å². The van der Waals surface area contributed by atoms with Gasteiger partial charge >= 0.3 is 0 Å². The fourth-order valence-corrected chi connectivity index (χ4v) is 6.38. The third kappa shape index (κ3) is 2.75. The molecule has 0 bridgehead atoms. The number of nitrogens with two attached hydrogens (primary N) is 1. The summed E-state index contributed by atoms with van der Waals surface area (Å²) >= 11 is 4.79. The standard InChI is InChI=1S/C14H15BrN2O2S2/c1-9-13(7-14(15)20-9)21(18,19)17-5-4-10-2-3-12(16)6-11(10)8-17/h2-3,6-7H,4-5,8,16H2,1H3. The summed E-state index contributed by atoms with van der Waals surface area (Å²) in [7, 11) is -3.45. The van der Waals surface area contributed by atoms with Crippen LogP contribution in [0, 0.1) is 6.92 Å². The first-order valence-corrected chi connectivity index (χ1v) is 9.56. The number of fused-ring (bicyclic) bond motifs is 1. The van der Waals surface area contributed by atoms with Crippen molar-refractivity contribution in [1.29, 1.82) is 0 Å². The van der Waals surface area contributed by atoms with Crippen LogP contribution < -0.4 is 5.73 Å². The Morgan fingerprint density at radius 2 is 2.05 bits per heavy atom. The maximum absolute atomic E-state index is 12.8. The first kappa shape index (κ1) is 15.0. The van der Waals surface area contributed by atoms with Crippen LogP contribution in [0.2, 0.25) is 0 Å². The number of hydrogen-bond acceptors (Lipinski definition) is 4. The lowest BCUT2D eigenvalue weighted by Gasteiger charge is -2.28. The van der Waals surface area contributed by atoms with Crippen LogP contribution in [0.5, 0.6) is 0 Å². The molecule has 0 aliphatic carbocycles. The summed E-state index contributed by atoms with van der Waals surface area (Å²) in [6.07, 6.45) is 0.721. The van der Waals surface area contributed by atoms with Gasteiger partial charge in [-0.15, -0.1) is 11.3 Å². The minimum Gasteiger partial charge on any atom is -0.399 e. The first-order chi connectivity index (χ1) is 9.88. The zero-order valence-corrected chi connectivity index (χ0v) is 14.7. The minimum absolute atomic E-state index is 0.385. The second kappa shape index (κ2) is 5.39. The van der Waals surface area contributed by atoms with Crippen molar-refractivity contribution in [3.8, 4) is 0 Å². The second-order valence-corrected chi connectivity index (χ2v) is 9.63. The summed E-state index contributed by atoms with van der Waals surface area (Å²) in [5.41, 5.74) is 8.65. The van der Waals surface area contributed by atoms with Crippen LogP contribution in [0.1, 0.15) is 16.0 Å². The van der Waals surface area contributed by atoms with E-state index in [9.17, 15) is 8.42 Å². The van der Waals surface area contributed by atoms with E-state index in [2.05, 4.69) is 15.9 Å². The third-order valence-electron chi connectivity index (χ3n) is 3.67. The number of benzene rings is 1. The molecule has 0 radical (unpaired) electrons. The molecule has 0 saturated carbocycles. The Balaban J connectivity index is 1.97. The van der Waals surface area contributed by atoms with Crippen LogP contribution in [-0.4, -0.2) is 19.3 Å². The summed E-state index contributed by atoms with van der Waals surface area (Å²) in [6, 6.07) is 7.40. The first-order valence-electron chi connectivity index (χ1n) is 6.51. The van der Waals surface area contributed by atoms with Crippen molar-refractivity contribution in [3.63, 3.8) is 0 Å². The molecule has 1 aromatic carbocycles. The SMILES string of the molecule is Cc1sc(Br)cc1S(=O)(=O)N1CCc2ccc(N)cc2C1. The van der Waals surface area contributed by atoms with E-state index in [1.807, 2.05) is 25.1 Å². The monoisotopic (exact) mass is 386 g/mol. The number of rotatable bonds is 2. The lowest BCUT2D eigenvalue weighted by Crippen LogP contribution is -2.36. The van der Waals surface area contributed by atoms with E-state index in [1.54, 1.807) is 6.07 Å². The quantitative estimate of drug-likeness (QED) is 0.806. The van der Waals surface area contributed by atoms with E-state index in [1.165, 1.54) is 21.2 Å². The summed E-state index contributed by atoms with van der Waals surface area (Å²) in [4.78, 5) is 1.20. The summed E-state index contributed by atoms with van der Waals surface area (Å²) in [5, 5.41) is 0. The van der Waals surface area contributed by atoms with Crippen LogP contribution in [0.25, 0.3) is 0 Å². The number of hydrogen-bond donors (Lipinski definition) is 1. The van der Waals surface area contributed by atoms with Crippen molar-refractivity contribution < 1.29 is 8.42 Å². The molecule has 0 spiro atoms. The number of anilines is 1. The van der Waals surface area contributed by atoms with Gasteiger partial charge in [0.15, 0.2) is 0 Å². The Kier molecular flexibility index (Phi) is 3.85. The molecule has 3 rings (SSSR count). The summed E-state index contributed by atoms with van der Waals surface area (Å²) in [6.45, 7) is 2.72. The van der Waals surface area contributed by atoms with Gasteiger partial charge in [0.2, 0.25) is 10.0 Å². The van der Waals surface area contributed by atoms with Crippen molar-refractivity contribution in [2.75, 3.05) is 12.3 Å². The highest BCUT2D eigenvalue weighted by Gasteiger charge is 2.30. The zero-order valence-electron chi connectivity index (χ0n) is 11.5. The molecule has 0 atom stereocenters. The van der Waals surface area contributed by atoms with Crippen molar-refractivity contribution in [2.24, 2.45) is 0 Å². The predicted octanol–water partition coefficient (Wildman–Crippen LogP) is 3.15. The highest BCUT2D eigenvalue weighted by atomic mass is 79.9. The topological polar surface area (TPSA) is 63.4 Å². The van der Waals surface area contributed by atoms with Gasteiger partial charge in [-0.05, 0) is 58.6 Å². The molecule has 1 aromatic heterocycles. The van der Waals surface area contributed by atoms with Gasteiger partial charge in [0.25, 0.3) is 0 Å². The predicted molar refractivity (Wildman–Crippen MR) is 88.9 cm³/mol. The van der Waals surface area contributed by atoms with Crippen LogP contribution in [0.15, 0.2) is 32.9 Å². The van der Waals surface area contributed by atoms with Gasteiger partial charge in [-0.3, -0.25) is 0 Å². The minimum atomic E-state index is -3.45. The number of aryl methyl sites for hydroxylation is 1. The molecular formula is C14H15BrN2O2S2. The molecule has 4 nitrogen and oxygen atoms in total. The molecule has 1 aliphatic rings. The number of sulfonamides is 1. The van der Waals surface area contributed by atoms with Gasteiger partial charge in [0.1, 0.15) is 0 Å². The number of nitrogen functional groups attached to an aromatic ring is 1. The molecule has 0 amide bonds. The average Bonchev–Trinajstić information content (AvgIpc) is 2.77. The lowest BCUT2D eigenvalue weighted by atomic mass is 10.0. The fourth-order valence-electron chi connectivity index (χ4n) is 2.58. The molecule has 21 heavy (non-hydrogen) atoms. The largest absolute Gasteiger partial charge is 0.399 e. The van der Waals surface area contributed by atoms with Gasteiger partial charge < -0.3 is 5.73 Å². The Morgan fingerprint density at radius 1 is 1.29 bits per heavy atom. The lowest BCUT2D eigenvalue weighted by molar-refractivity contribution is 0.391.